The van der Waals surface area contributed by atoms with Gasteiger partial charge in [0.15, 0.2) is 0 Å². The molecule has 2 saturated carbocycles. The van der Waals surface area contributed by atoms with Crippen LogP contribution in [0, 0.1) is 11.8 Å². The first-order chi connectivity index (χ1) is 6.84. The molecule has 2 nitrogen and oxygen atoms in total. The van der Waals surface area contributed by atoms with Gasteiger partial charge in [0, 0.05) is 32.0 Å². The van der Waals surface area contributed by atoms with Crippen molar-refractivity contribution in [2.24, 2.45) is 11.8 Å². The number of ketones is 1. The standard InChI is InChI=1S/C12H19NO/c14-10-4-6-13(7-5-10)12-3-1-2-9-8-11(9)12/h9,11-12H,1-8H2. The van der Waals surface area contributed by atoms with Gasteiger partial charge in [0.25, 0.3) is 0 Å². The Hall–Kier alpha value is -0.370. The van der Waals surface area contributed by atoms with Crippen LogP contribution in [0.25, 0.3) is 0 Å². The zero-order valence-electron chi connectivity index (χ0n) is 8.74. The number of rotatable bonds is 1. The van der Waals surface area contributed by atoms with Crippen molar-refractivity contribution < 1.29 is 4.79 Å². The molecule has 14 heavy (non-hydrogen) atoms. The lowest BCUT2D eigenvalue weighted by Crippen LogP contribution is -2.43. The minimum absolute atomic E-state index is 0.476. The van der Waals surface area contributed by atoms with Crippen molar-refractivity contribution in [2.45, 2.75) is 44.6 Å². The Balaban J connectivity index is 1.62. The molecule has 3 fully saturated rings. The van der Waals surface area contributed by atoms with Crippen molar-refractivity contribution in [1.29, 1.82) is 0 Å². The van der Waals surface area contributed by atoms with Crippen LogP contribution in [0.3, 0.4) is 0 Å². The number of piperidine rings is 1. The predicted molar refractivity (Wildman–Crippen MR) is 55.1 cm³/mol. The maximum Gasteiger partial charge on any atom is 0.135 e. The molecule has 0 bridgehead atoms. The summed E-state index contributed by atoms with van der Waals surface area (Å²) >= 11 is 0. The van der Waals surface area contributed by atoms with Crippen molar-refractivity contribution in [2.75, 3.05) is 13.1 Å². The Morgan fingerprint density at radius 1 is 1.14 bits per heavy atom. The lowest BCUT2D eigenvalue weighted by atomic mass is 9.92. The van der Waals surface area contributed by atoms with Gasteiger partial charge < -0.3 is 0 Å². The fourth-order valence-electron chi connectivity index (χ4n) is 3.44. The van der Waals surface area contributed by atoms with Gasteiger partial charge >= 0.3 is 0 Å². The third-order valence-corrected chi connectivity index (χ3v) is 4.37. The van der Waals surface area contributed by atoms with Gasteiger partial charge in [-0.05, 0) is 24.7 Å². The molecule has 0 N–H and O–H groups in total. The molecular formula is C12H19NO. The second-order valence-electron chi connectivity index (χ2n) is 5.23. The average Bonchev–Trinajstić information content (AvgIpc) is 2.97. The van der Waals surface area contributed by atoms with E-state index < -0.39 is 0 Å². The largest absolute Gasteiger partial charge is 0.300 e. The molecule has 3 atom stereocenters. The summed E-state index contributed by atoms with van der Waals surface area (Å²) in [6.07, 6.45) is 7.41. The molecule has 1 heterocycles. The average molecular weight is 193 g/mol. The fraction of sp³-hybridized carbons (Fsp3) is 0.917. The zero-order chi connectivity index (χ0) is 9.54. The minimum atomic E-state index is 0.476. The first kappa shape index (κ1) is 8.90. The lowest BCUT2D eigenvalue weighted by Gasteiger charge is -2.36. The van der Waals surface area contributed by atoms with Crippen molar-refractivity contribution in [3.8, 4) is 0 Å². The van der Waals surface area contributed by atoms with E-state index in [1.54, 1.807) is 0 Å². The van der Waals surface area contributed by atoms with Crippen LogP contribution < -0.4 is 0 Å². The third-order valence-electron chi connectivity index (χ3n) is 4.37. The molecular weight excluding hydrogens is 174 g/mol. The van der Waals surface area contributed by atoms with E-state index in [9.17, 15) is 4.79 Å². The van der Waals surface area contributed by atoms with Crippen LogP contribution in [0.1, 0.15) is 38.5 Å². The fourth-order valence-corrected chi connectivity index (χ4v) is 3.44. The van der Waals surface area contributed by atoms with Gasteiger partial charge in [-0.15, -0.1) is 0 Å². The zero-order valence-corrected chi connectivity index (χ0v) is 8.74. The number of hydrogen-bond acceptors (Lipinski definition) is 2. The molecule has 2 heteroatoms. The molecule has 3 aliphatic rings. The van der Waals surface area contributed by atoms with Gasteiger partial charge in [-0.3, -0.25) is 9.69 Å². The van der Waals surface area contributed by atoms with E-state index in [2.05, 4.69) is 4.90 Å². The van der Waals surface area contributed by atoms with Gasteiger partial charge in [0.1, 0.15) is 5.78 Å². The smallest absolute Gasteiger partial charge is 0.135 e. The highest BCUT2D eigenvalue weighted by Crippen LogP contribution is 2.51. The first-order valence-corrected chi connectivity index (χ1v) is 6.10. The predicted octanol–water partition coefficient (Wildman–Crippen LogP) is 1.84. The van der Waals surface area contributed by atoms with Crippen LogP contribution in [0.15, 0.2) is 0 Å². The van der Waals surface area contributed by atoms with Gasteiger partial charge in [-0.1, -0.05) is 12.8 Å². The number of hydrogen-bond donors (Lipinski definition) is 0. The van der Waals surface area contributed by atoms with Crippen LogP contribution in [0.2, 0.25) is 0 Å². The molecule has 78 valence electrons. The van der Waals surface area contributed by atoms with Gasteiger partial charge in [-0.2, -0.15) is 0 Å². The quantitative estimate of drug-likeness (QED) is 0.633. The van der Waals surface area contributed by atoms with E-state index in [0.29, 0.717) is 5.78 Å². The van der Waals surface area contributed by atoms with E-state index in [1.807, 2.05) is 0 Å². The van der Waals surface area contributed by atoms with Gasteiger partial charge in [0.2, 0.25) is 0 Å². The lowest BCUT2D eigenvalue weighted by molar-refractivity contribution is -0.122. The second-order valence-corrected chi connectivity index (χ2v) is 5.23. The van der Waals surface area contributed by atoms with Crippen molar-refractivity contribution in [3.05, 3.63) is 0 Å². The summed E-state index contributed by atoms with van der Waals surface area (Å²) in [6, 6.07) is 0.849. The summed E-state index contributed by atoms with van der Waals surface area (Å²) in [6.45, 7) is 2.10. The highest BCUT2D eigenvalue weighted by Gasteiger charge is 2.47. The van der Waals surface area contributed by atoms with Crippen LogP contribution in [0.5, 0.6) is 0 Å². The van der Waals surface area contributed by atoms with Crippen LogP contribution in [-0.4, -0.2) is 29.8 Å². The molecule has 3 unspecified atom stereocenters. The molecule has 3 rings (SSSR count). The molecule has 0 spiro atoms. The molecule has 1 saturated heterocycles. The van der Waals surface area contributed by atoms with Crippen LogP contribution in [0.4, 0.5) is 0 Å². The maximum absolute atomic E-state index is 11.2. The second kappa shape index (κ2) is 3.34. The van der Waals surface area contributed by atoms with Crippen LogP contribution >= 0.6 is 0 Å². The SMILES string of the molecule is O=C1CCN(C2CCCC3CC32)CC1. The summed E-state index contributed by atoms with van der Waals surface area (Å²) in [5.74, 6) is 2.55. The summed E-state index contributed by atoms with van der Waals surface area (Å²) in [7, 11) is 0. The molecule has 2 aliphatic carbocycles. The molecule has 0 aromatic heterocycles. The Bertz CT molecular complexity index is 241. The van der Waals surface area contributed by atoms with E-state index in [0.717, 1.165) is 43.8 Å². The maximum atomic E-state index is 11.2. The molecule has 0 aromatic rings. The number of nitrogens with zero attached hydrogens (tertiary/aromatic N) is 1. The minimum Gasteiger partial charge on any atom is -0.300 e. The van der Waals surface area contributed by atoms with Crippen molar-refractivity contribution in [1.82, 2.24) is 4.90 Å². The highest BCUT2D eigenvalue weighted by atomic mass is 16.1. The normalized spacial score (nSPS) is 43.4. The number of Topliss-reactive ketones (excluding diaryl/α,β-unsaturated/α-hetero) is 1. The monoisotopic (exact) mass is 193 g/mol. The van der Waals surface area contributed by atoms with Crippen molar-refractivity contribution >= 4 is 5.78 Å². The number of likely N-dealkylation sites (tertiary alicyclic amines) is 1. The van der Waals surface area contributed by atoms with E-state index in [4.69, 9.17) is 0 Å². The molecule has 1 aliphatic heterocycles. The Morgan fingerprint density at radius 3 is 2.71 bits per heavy atom. The Kier molecular flexibility index (Phi) is 2.12. The number of carbonyl (C=O) groups excluding carboxylic acids is 1. The molecule has 0 amide bonds. The highest BCUT2D eigenvalue weighted by molar-refractivity contribution is 5.79. The Labute approximate surface area is 85.7 Å². The van der Waals surface area contributed by atoms with E-state index in [1.165, 1.54) is 25.7 Å². The molecule has 0 radical (unpaired) electrons. The Morgan fingerprint density at radius 2 is 1.93 bits per heavy atom. The summed E-state index contributed by atoms with van der Waals surface area (Å²) in [5, 5.41) is 0. The topological polar surface area (TPSA) is 20.3 Å². The van der Waals surface area contributed by atoms with Gasteiger partial charge in [0.05, 0.1) is 0 Å². The van der Waals surface area contributed by atoms with Gasteiger partial charge in [-0.25, -0.2) is 0 Å². The van der Waals surface area contributed by atoms with E-state index in [-0.39, 0.29) is 0 Å². The van der Waals surface area contributed by atoms with E-state index >= 15 is 0 Å². The number of fused-ring (bicyclic) bond motifs is 1. The first-order valence-electron chi connectivity index (χ1n) is 6.10. The molecule has 0 aromatic carbocycles. The number of carbonyl (C=O) groups is 1. The summed E-state index contributed by atoms with van der Waals surface area (Å²) in [4.78, 5) is 13.8. The van der Waals surface area contributed by atoms with Crippen molar-refractivity contribution in [3.63, 3.8) is 0 Å². The summed E-state index contributed by atoms with van der Waals surface area (Å²) in [5.41, 5.74) is 0. The van der Waals surface area contributed by atoms with Crippen LogP contribution in [-0.2, 0) is 4.79 Å². The summed E-state index contributed by atoms with van der Waals surface area (Å²) < 4.78 is 0. The third kappa shape index (κ3) is 1.50.